The van der Waals surface area contributed by atoms with Gasteiger partial charge in [0.25, 0.3) is 0 Å². The van der Waals surface area contributed by atoms with Crippen LogP contribution >= 0.6 is 0 Å². The Morgan fingerprint density at radius 1 is 1.56 bits per heavy atom. The van der Waals surface area contributed by atoms with Gasteiger partial charge in [0.1, 0.15) is 5.82 Å². The van der Waals surface area contributed by atoms with E-state index in [0.29, 0.717) is 17.7 Å². The lowest BCUT2D eigenvalue weighted by Crippen LogP contribution is -2.07. The maximum atomic E-state index is 13.0. The summed E-state index contributed by atoms with van der Waals surface area (Å²) < 4.78 is 13.0. The molecule has 1 aromatic rings. The van der Waals surface area contributed by atoms with Crippen molar-refractivity contribution in [3.05, 3.63) is 29.6 Å². The Morgan fingerprint density at radius 3 is 2.94 bits per heavy atom. The van der Waals surface area contributed by atoms with Crippen molar-refractivity contribution in [2.75, 3.05) is 11.9 Å². The largest absolute Gasteiger partial charge is 0.395 e. The SMILES string of the molecule is CC(=O)Nc1ccc(F)cc1C#CCCO. The lowest BCUT2D eigenvalue weighted by molar-refractivity contribution is -0.114. The van der Waals surface area contributed by atoms with Gasteiger partial charge < -0.3 is 10.4 Å². The minimum atomic E-state index is -0.414. The number of hydrogen-bond donors (Lipinski definition) is 2. The van der Waals surface area contributed by atoms with E-state index in [0.717, 1.165) is 0 Å². The average molecular weight is 221 g/mol. The molecule has 16 heavy (non-hydrogen) atoms. The Balaban J connectivity index is 2.99. The number of aliphatic hydroxyl groups is 1. The number of carbonyl (C=O) groups excluding carboxylic acids is 1. The van der Waals surface area contributed by atoms with Gasteiger partial charge in [-0.1, -0.05) is 11.8 Å². The Labute approximate surface area is 93.3 Å². The number of hydrogen-bond acceptors (Lipinski definition) is 2. The van der Waals surface area contributed by atoms with E-state index in [-0.39, 0.29) is 12.5 Å². The van der Waals surface area contributed by atoms with Crippen LogP contribution in [0.3, 0.4) is 0 Å². The van der Waals surface area contributed by atoms with Crippen LogP contribution in [0.15, 0.2) is 18.2 Å². The number of nitrogens with one attached hydrogen (secondary N) is 1. The zero-order valence-electron chi connectivity index (χ0n) is 8.88. The van der Waals surface area contributed by atoms with Crippen molar-refractivity contribution in [3.63, 3.8) is 0 Å². The summed E-state index contributed by atoms with van der Waals surface area (Å²) in [4.78, 5) is 10.9. The van der Waals surface area contributed by atoms with Crippen LogP contribution < -0.4 is 5.32 Å². The zero-order chi connectivity index (χ0) is 12.0. The molecule has 0 bridgehead atoms. The minimum absolute atomic E-state index is 0.0439. The molecule has 84 valence electrons. The molecule has 0 aliphatic carbocycles. The van der Waals surface area contributed by atoms with Gasteiger partial charge in [-0.2, -0.15) is 0 Å². The predicted molar refractivity (Wildman–Crippen MR) is 59.3 cm³/mol. The molecule has 4 heteroatoms. The third-order valence-corrected chi connectivity index (χ3v) is 1.75. The van der Waals surface area contributed by atoms with E-state index in [9.17, 15) is 9.18 Å². The average Bonchev–Trinajstić information content (AvgIpc) is 2.22. The molecule has 1 rings (SSSR count). The van der Waals surface area contributed by atoms with E-state index in [2.05, 4.69) is 17.2 Å². The molecule has 0 spiro atoms. The lowest BCUT2D eigenvalue weighted by atomic mass is 10.1. The highest BCUT2D eigenvalue weighted by Crippen LogP contribution is 2.15. The molecule has 0 atom stereocenters. The molecule has 0 saturated carbocycles. The summed E-state index contributed by atoms with van der Waals surface area (Å²) in [5.41, 5.74) is 0.878. The van der Waals surface area contributed by atoms with Crippen LogP contribution in [0, 0.1) is 17.7 Å². The van der Waals surface area contributed by atoms with Gasteiger partial charge >= 0.3 is 0 Å². The van der Waals surface area contributed by atoms with Crippen LogP contribution in [0.1, 0.15) is 18.9 Å². The first-order valence-corrected chi connectivity index (χ1v) is 4.80. The molecule has 0 aromatic heterocycles. The molecule has 0 radical (unpaired) electrons. The first-order valence-electron chi connectivity index (χ1n) is 4.80. The van der Waals surface area contributed by atoms with E-state index < -0.39 is 5.82 Å². The summed E-state index contributed by atoms with van der Waals surface area (Å²) in [5.74, 6) is 4.72. The molecule has 0 unspecified atom stereocenters. The Kier molecular flexibility index (Phi) is 4.49. The van der Waals surface area contributed by atoms with Crippen molar-refractivity contribution in [1.82, 2.24) is 0 Å². The molecular weight excluding hydrogens is 209 g/mol. The monoisotopic (exact) mass is 221 g/mol. The van der Waals surface area contributed by atoms with Gasteiger partial charge in [0.2, 0.25) is 5.91 Å². The van der Waals surface area contributed by atoms with Crippen molar-refractivity contribution in [1.29, 1.82) is 0 Å². The highest BCUT2D eigenvalue weighted by Gasteiger charge is 2.03. The van der Waals surface area contributed by atoms with Crippen LogP contribution in [-0.2, 0) is 4.79 Å². The van der Waals surface area contributed by atoms with Gasteiger partial charge in [-0.3, -0.25) is 4.79 Å². The van der Waals surface area contributed by atoms with Crippen LogP contribution in [-0.4, -0.2) is 17.6 Å². The van der Waals surface area contributed by atoms with E-state index in [1.807, 2.05) is 0 Å². The fourth-order valence-electron chi connectivity index (χ4n) is 1.13. The number of benzene rings is 1. The molecule has 1 amide bonds. The zero-order valence-corrected chi connectivity index (χ0v) is 8.88. The second-order valence-corrected chi connectivity index (χ2v) is 3.15. The molecular formula is C12H12FNO2. The number of halogens is 1. The van der Waals surface area contributed by atoms with E-state index >= 15 is 0 Å². The molecule has 1 aromatic carbocycles. The van der Waals surface area contributed by atoms with Gasteiger partial charge in [0.05, 0.1) is 17.9 Å². The number of rotatable bonds is 2. The molecule has 0 aliphatic rings. The summed E-state index contributed by atoms with van der Waals surface area (Å²) in [6.45, 7) is 1.33. The van der Waals surface area contributed by atoms with Crippen LogP contribution in [0.5, 0.6) is 0 Å². The minimum Gasteiger partial charge on any atom is -0.395 e. The Hall–Kier alpha value is -1.86. The van der Waals surface area contributed by atoms with Crippen molar-refractivity contribution in [2.45, 2.75) is 13.3 Å². The van der Waals surface area contributed by atoms with Gasteiger partial charge in [0, 0.05) is 13.3 Å². The summed E-state index contributed by atoms with van der Waals surface area (Å²) in [7, 11) is 0. The fourth-order valence-corrected chi connectivity index (χ4v) is 1.13. The number of anilines is 1. The lowest BCUT2D eigenvalue weighted by Gasteiger charge is -2.04. The number of amides is 1. The Bertz CT molecular complexity index is 446. The normalized spacial score (nSPS) is 9.19. The van der Waals surface area contributed by atoms with Crippen molar-refractivity contribution >= 4 is 11.6 Å². The van der Waals surface area contributed by atoms with Gasteiger partial charge in [0.15, 0.2) is 0 Å². The third kappa shape index (κ3) is 3.71. The first-order chi connectivity index (χ1) is 7.63. The predicted octanol–water partition coefficient (Wildman–Crippen LogP) is 1.52. The summed E-state index contributed by atoms with van der Waals surface area (Å²) in [5, 5.41) is 11.1. The second-order valence-electron chi connectivity index (χ2n) is 3.15. The van der Waals surface area contributed by atoms with Gasteiger partial charge in [-0.15, -0.1) is 0 Å². The fraction of sp³-hybridized carbons (Fsp3) is 0.250. The smallest absolute Gasteiger partial charge is 0.221 e. The maximum Gasteiger partial charge on any atom is 0.221 e. The molecule has 0 heterocycles. The summed E-state index contributed by atoms with van der Waals surface area (Å²) in [6, 6.07) is 3.96. The first kappa shape index (κ1) is 12.2. The third-order valence-electron chi connectivity index (χ3n) is 1.75. The van der Waals surface area contributed by atoms with Gasteiger partial charge in [-0.05, 0) is 18.2 Å². The van der Waals surface area contributed by atoms with Gasteiger partial charge in [-0.25, -0.2) is 4.39 Å². The molecule has 2 N–H and O–H groups in total. The quantitative estimate of drug-likeness (QED) is 0.744. The van der Waals surface area contributed by atoms with Crippen molar-refractivity contribution < 1.29 is 14.3 Å². The van der Waals surface area contributed by atoms with Crippen LogP contribution in [0.2, 0.25) is 0 Å². The molecule has 0 fully saturated rings. The molecule has 0 saturated heterocycles. The highest BCUT2D eigenvalue weighted by atomic mass is 19.1. The van der Waals surface area contributed by atoms with E-state index in [4.69, 9.17) is 5.11 Å². The Morgan fingerprint density at radius 2 is 2.31 bits per heavy atom. The highest BCUT2D eigenvalue weighted by molar-refractivity contribution is 5.90. The van der Waals surface area contributed by atoms with Crippen molar-refractivity contribution in [2.24, 2.45) is 0 Å². The van der Waals surface area contributed by atoms with E-state index in [1.54, 1.807) is 0 Å². The van der Waals surface area contributed by atoms with Crippen molar-refractivity contribution in [3.8, 4) is 11.8 Å². The molecule has 3 nitrogen and oxygen atoms in total. The standard InChI is InChI=1S/C12H12FNO2/c1-9(16)14-12-6-5-11(13)8-10(12)4-2-3-7-15/h5-6,8,15H,3,7H2,1H3,(H,14,16). The molecule has 0 aliphatic heterocycles. The van der Waals surface area contributed by atoms with Crippen LogP contribution in [0.25, 0.3) is 0 Å². The number of aliphatic hydroxyl groups excluding tert-OH is 1. The van der Waals surface area contributed by atoms with E-state index in [1.165, 1.54) is 25.1 Å². The van der Waals surface area contributed by atoms with Crippen LogP contribution in [0.4, 0.5) is 10.1 Å². The topological polar surface area (TPSA) is 49.3 Å². The number of carbonyl (C=O) groups is 1. The maximum absolute atomic E-state index is 13.0. The summed E-state index contributed by atoms with van der Waals surface area (Å²) in [6.07, 6.45) is 0.316. The second kappa shape index (κ2) is 5.89. The summed E-state index contributed by atoms with van der Waals surface area (Å²) >= 11 is 0.